The fourth-order valence-electron chi connectivity index (χ4n) is 1.38. The zero-order valence-electron chi connectivity index (χ0n) is 9.31. The highest BCUT2D eigenvalue weighted by Gasteiger charge is 2.22. The van der Waals surface area contributed by atoms with E-state index in [-0.39, 0.29) is 11.7 Å². The van der Waals surface area contributed by atoms with Gasteiger partial charge >= 0.3 is 0 Å². The van der Waals surface area contributed by atoms with Gasteiger partial charge in [-0.2, -0.15) is 0 Å². The van der Waals surface area contributed by atoms with Crippen molar-refractivity contribution in [1.82, 2.24) is 5.32 Å². The number of amides is 1. The third-order valence-corrected chi connectivity index (χ3v) is 2.24. The van der Waals surface area contributed by atoms with Crippen LogP contribution in [0.2, 0.25) is 0 Å². The molecular formula is C12H15NO3. The first kappa shape index (κ1) is 12.4. The molecule has 0 aromatic heterocycles. The monoisotopic (exact) mass is 221 g/mol. The second kappa shape index (κ2) is 5.42. The topological polar surface area (TPSA) is 66.4 Å². The molecule has 0 unspecified atom stereocenters. The Morgan fingerprint density at radius 2 is 1.81 bits per heavy atom. The number of hydrogen-bond donors (Lipinski definition) is 2. The van der Waals surface area contributed by atoms with Gasteiger partial charge in [0.1, 0.15) is 6.04 Å². The molecule has 0 bridgehead atoms. The van der Waals surface area contributed by atoms with Crippen LogP contribution in [-0.2, 0) is 4.79 Å². The Labute approximate surface area is 94.3 Å². The van der Waals surface area contributed by atoms with Crippen molar-refractivity contribution in [3.8, 4) is 0 Å². The number of aliphatic hydroxyl groups is 1. The van der Waals surface area contributed by atoms with E-state index in [0.29, 0.717) is 5.56 Å². The van der Waals surface area contributed by atoms with Crippen LogP contribution in [0, 0.1) is 0 Å². The predicted molar refractivity (Wildman–Crippen MR) is 60.1 cm³/mol. The van der Waals surface area contributed by atoms with Crippen LogP contribution < -0.4 is 5.32 Å². The summed E-state index contributed by atoms with van der Waals surface area (Å²) >= 11 is 0. The van der Waals surface area contributed by atoms with E-state index in [1.807, 2.05) is 0 Å². The molecule has 0 radical (unpaired) electrons. The van der Waals surface area contributed by atoms with E-state index in [2.05, 4.69) is 5.32 Å². The predicted octanol–water partition coefficient (Wildman–Crippen LogP) is 0.755. The third kappa shape index (κ3) is 3.17. The summed E-state index contributed by atoms with van der Waals surface area (Å²) in [4.78, 5) is 22.9. The molecule has 2 N–H and O–H groups in total. The smallest absolute Gasteiger partial charge is 0.251 e. The number of hydrogen-bond acceptors (Lipinski definition) is 3. The van der Waals surface area contributed by atoms with Crippen LogP contribution in [0.1, 0.15) is 24.2 Å². The maximum absolute atomic E-state index is 11.7. The van der Waals surface area contributed by atoms with E-state index in [4.69, 9.17) is 0 Å². The molecule has 1 amide bonds. The van der Waals surface area contributed by atoms with Crippen LogP contribution in [0.5, 0.6) is 0 Å². The maximum atomic E-state index is 11.7. The lowest BCUT2D eigenvalue weighted by Gasteiger charge is -2.18. The number of benzene rings is 1. The van der Waals surface area contributed by atoms with Crippen molar-refractivity contribution in [2.75, 3.05) is 0 Å². The van der Waals surface area contributed by atoms with Gasteiger partial charge in [0.15, 0.2) is 5.78 Å². The van der Waals surface area contributed by atoms with Crippen LogP contribution in [0.25, 0.3) is 0 Å². The van der Waals surface area contributed by atoms with Crippen molar-refractivity contribution < 1.29 is 14.7 Å². The van der Waals surface area contributed by atoms with Gasteiger partial charge in [0.2, 0.25) is 0 Å². The number of ketones is 1. The van der Waals surface area contributed by atoms with Crippen molar-refractivity contribution in [2.24, 2.45) is 0 Å². The Morgan fingerprint density at radius 3 is 2.25 bits per heavy atom. The second-order valence-corrected chi connectivity index (χ2v) is 3.67. The van der Waals surface area contributed by atoms with Crippen molar-refractivity contribution in [1.29, 1.82) is 0 Å². The van der Waals surface area contributed by atoms with Gasteiger partial charge in [0.25, 0.3) is 5.91 Å². The molecule has 0 fully saturated rings. The van der Waals surface area contributed by atoms with Crippen molar-refractivity contribution in [2.45, 2.75) is 26.0 Å². The van der Waals surface area contributed by atoms with Gasteiger partial charge in [-0.05, 0) is 26.0 Å². The molecule has 0 spiro atoms. The third-order valence-electron chi connectivity index (χ3n) is 2.24. The first-order chi connectivity index (χ1) is 7.52. The van der Waals surface area contributed by atoms with Crippen LogP contribution >= 0.6 is 0 Å². The van der Waals surface area contributed by atoms with Crippen LogP contribution in [0.4, 0.5) is 0 Å². The van der Waals surface area contributed by atoms with Gasteiger partial charge in [0, 0.05) is 5.56 Å². The summed E-state index contributed by atoms with van der Waals surface area (Å²) in [6.45, 7) is 2.81. The van der Waals surface area contributed by atoms with E-state index in [1.54, 1.807) is 30.3 Å². The largest absolute Gasteiger partial charge is 0.391 e. The molecule has 4 heteroatoms. The fourth-order valence-corrected chi connectivity index (χ4v) is 1.38. The summed E-state index contributed by atoms with van der Waals surface area (Å²) in [5.41, 5.74) is 0.467. The molecule has 0 saturated heterocycles. The normalized spacial score (nSPS) is 13.9. The van der Waals surface area contributed by atoms with Gasteiger partial charge < -0.3 is 10.4 Å². The lowest BCUT2D eigenvalue weighted by molar-refractivity contribution is -0.121. The molecule has 0 aliphatic carbocycles. The molecule has 0 saturated carbocycles. The quantitative estimate of drug-likeness (QED) is 0.788. The highest BCUT2D eigenvalue weighted by atomic mass is 16.3. The Hall–Kier alpha value is -1.68. The van der Waals surface area contributed by atoms with E-state index in [0.717, 1.165) is 0 Å². The Bertz CT molecular complexity index is 373. The van der Waals surface area contributed by atoms with Crippen LogP contribution in [0.3, 0.4) is 0 Å². The zero-order chi connectivity index (χ0) is 12.1. The summed E-state index contributed by atoms with van der Waals surface area (Å²) in [6, 6.07) is 7.71. The minimum atomic E-state index is -0.898. The minimum absolute atomic E-state index is 0.265. The lowest BCUT2D eigenvalue weighted by Crippen LogP contribution is -2.46. The van der Waals surface area contributed by atoms with Gasteiger partial charge in [0.05, 0.1) is 6.10 Å². The van der Waals surface area contributed by atoms with Gasteiger partial charge in [-0.1, -0.05) is 18.2 Å². The van der Waals surface area contributed by atoms with Crippen molar-refractivity contribution in [3.63, 3.8) is 0 Å². The number of carbonyl (C=O) groups excluding carboxylic acids is 2. The van der Waals surface area contributed by atoms with Gasteiger partial charge in [-0.3, -0.25) is 9.59 Å². The number of nitrogens with one attached hydrogen (secondary N) is 1. The molecule has 2 atom stereocenters. The Morgan fingerprint density at radius 1 is 1.25 bits per heavy atom. The first-order valence-corrected chi connectivity index (χ1v) is 5.07. The van der Waals surface area contributed by atoms with Gasteiger partial charge in [-0.15, -0.1) is 0 Å². The molecule has 0 heterocycles. The molecule has 0 aliphatic rings. The van der Waals surface area contributed by atoms with Gasteiger partial charge in [-0.25, -0.2) is 0 Å². The van der Waals surface area contributed by atoms with Crippen molar-refractivity contribution >= 4 is 11.7 Å². The maximum Gasteiger partial charge on any atom is 0.251 e. The summed E-state index contributed by atoms with van der Waals surface area (Å²) in [7, 11) is 0. The molecule has 1 rings (SSSR count). The van der Waals surface area contributed by atoms with E-state index < -0.39 is 12.1 Å². The van der Waals surface area contributed by atoms with E-state index in [9.17, 15) is 14.7 Å². The Balaban J connectivity index is 2.74. The van der Waals surface area contributed by atoms with Crippen molar-refractivity contribution in [3.05, 3.63) is 35.9 Å². The molecular weight excluding hydrogens is 206 g/mol. The van der Waals surface area contributed by atoms with E-state index >= 15 is 0 Å². The summed E-state index contributed by atoms with van der Waals surface area (Å²) in [5, 5.41) is 11.8. The van der Waals surface area contributed by atoms with Crippen LogP contribution in [-0.4, -0.2) is 28.9 Å². The molecule has 16 heavy (non-hydrogen) atoms. The zero-order valence-corrected chi connectivity index (χ0v) is 9.31. The highest BCUT2D eigenvalue weighted by molar-refractivity contribution is 5.97. The number of rotatable bonds is 4. The number of carbonyl (C=O) groups is 2. The minimum Gasteiger partial charge on any atom is -0.391 e. The van der Waals surface area contributed by atoms with E-state index in [1.165, 1.54) is 13.8 Å². The summed E-state index contributed by atoms with van der Waals surface area (Å²) in [6.07, 6.45) is -0.898. The fraction of sp³-hybridized carbons (Fsp3) is 0.333. The molecule has 86 valence electrons. The molecule has 1 aromatic carbocycles. The average Bonchev–Trinajstić information content (AvgIpc) is 2.25. The number of aliphatic hydroxyl groups excluding tert-OH is 1. The molecule has 1 aromatic rings. The Kier molecular flexibility index (Phi) is 4.19. The first-order valence-electron chi connectivity index (χ1n) is 5.07. The number of Topliss-reactive ketones (excluding diaryl/α,β-unsaturated/α-hetero) is 1. The highest BCUT2D eigenvalue weighted by Crippen LogP contribution is 2.01. The molecule has 4 nitrogen and oxygen atoms in total. The second-order valence-electron chi connectivity index (χ2n) is 3.67. The standard InChI is InChI=1S/C12H15NO3/c1-8(14)11(9(2)15)13-12(16)10-6-4-3-5-7-10/h3-8,11,14H,1-2H3,(H,13,16)/t8-,11+/m1/s1. The summed E-state index contributed by atoms with van der Waals surface area (Å²) in [5.74, 6) is -0.624. The SMILES string of the molecule is CC(=O)[C@@H](NC(=O)c1ccccc1)[C@@H](C)O. The lowest BCUT2D eigenvalue weighted by atomic mass is 10.1. The molecule has 0 aliphatic heterocycles. The summed E-state index contributed by atoms with van der Waals surface area (Å²) < 4.78 is 0. The van der Waals surface area contributed by atoms with Crippen LogP contribution in [0.15, 0.2) is 30.3 Å². The average molecular weight is 221 g/mol.